The van der Waals surface area contributed by atoms with Crippen molar-refractivity contribution >= 4 is 11.6 Å². The maximum absolute atomic E-state index is 12.8. The Labute approximate surface area is 87.4 Å². The average Bonchev–Trinajstić information content (AvgIpc) is 2.26. The lowest BCUT2D eigenvalue weighted by molar-refractivity contribution is -0.118. The molecule has 1 aromatic rings. The number of hydrogen-bond acceptors (Lipinski definition) is 3. The van der Waals surface area contributed by atoms with Crippen molar-refractivity contribution in [2.45, 2.75) is 0 Å². The maximum Gasteiger partial charge on any atom is 0.239 e. The molecule has 0 heterocycles. The number of ether oxygens (including phenoxy) is 1. The Morgan fingerprint density at radius 3 is 2.87 bits per heavy atom. The van der Waals surface area contributed by atoms with Crippen LogP contribution in [0.2, 0.25) is 0 Å². The first kappa shape index (κ1) is 11.3. The third kappa shape index (κ3) is 3.12. The molecule has 0 unspecified atom stereocenters. The second-order valence-corrected chi connectivity index (χ2v) is 2.87. The number of amides is 1. The van der Waals surface area contributed by atoms with Gasteiger partial charge in [-0.2, -0.15) is 0 Å². The maximum atomic E-state index is 12.8. The zero-order chi connectivity index (χ0) is 11.3. The molecule has 0 aromatic heterocycles. The summed E-state index contributed by atoms with van der Waals surface area (Å²) in [5, 5.41) is 5.31. The van der Waals surface area contributed by atoms with Crippen LogP contribution in [0.25, 0.3) is 0 Å². The van der Waals surface area contributed by atoms with E-state index >= 15 is 0 Å². The smallest absolute Gasteiger partial charge is 0.239 e. The fourth-order valence-corrected chi connectivity index (χ4v) is 1.07. The zero-order valence-corrected chi connectivity index (χ0v) is 8.63. The van der Waals surface area contributed by atoms with Crippen LogP contribution in [0.1, 0.15) is 0 Å². The summed E-state index contributed by atoms with van der Waals surface area (Å²) in [5.41, 5.74) is 0.586. The van der Waals surface area contributed by atoms with E-state index in [2.05, 4.69) is 10.6 Å². The Morgan fingerprint density at radius 1 is 1.53 bits per heavy atom. The molecule has 15 heavy (non-hydrogen) atoms. The van der Waals surface area contributed by atoms with Crippen molar-refractivity contribution in [1.82, 2.24) is 5.32 Å². The van der Waals surface area contributed by atoms with Crippen LogP contribution >= 0.6 is 0 Å². The Morgan fingerprint density at radius 2 is 2.27 bits per heavy atom. The predicted octanol–water partition coefficient (Wildman–Crippen LogP) is 0.992. The summed E-state index contributed by atoms with van der Waals surface area (Å²) in [5.74, 6) is -0.155. The molecule has 5 heteroatoms. The Kier molecular flexibility index (Phi) is 3.91. The Hall–Kier alpha value is -1.78. The highest BCUT2D eigenvalue weighted by molar-refractivity contribution is 5.80. The molecule has 4 nitrogen and oxygen atoms in total. The van der Waals surface area contributed by atoms with E-state index in [-0.39, 0.29) is 18.3 Å². The van der Waals surface area contributed by atoms with Gasteiger partial charge in [-0.1, -0.05) is 0 Å². The topological polar surface area (TPSA) is 50.4 Å². The van der Waals surface area contributed by atoms with E-state index in [1.54, 1.807) is 7.05 Å². The monoisotopic (exact) mass is 212 g/mol. The molecule has 0 radical (unpaired) electrons. The van der Waals surface area contributed by atoms with E-state index in [0.717, 1.165) is 0 Å². The number of likely N-dealkylation sites (N-methyl/N-ethyl adjacent to an activating group) is 1. The van der Waals surface area contributed by atoms with E-state index in [1.165, 1.54) is 25.3 Å². The minimum Gasteiger partial charge on any atom is -0.494 e. The van der Waals surface area contributed by atoms with Crippen molar-refractivity contribution in [2.75, 3.05) is 26.0 Å². The number of anilines is 1. The first-order chi connectivity index (χ1) is 7.17. The van der Waals surface area contributed by atoms with Gasteiger partial charge in [0.25, 0.3) is 0 Å². The molecule has 1 rings (SSSR count). The number of hydrogen-bond donors (Lipinski definition) is 2. The quantitative estimate of drug-likeness (QED) is 0.782. The fourth-order valence-electron chi connectivity index (χ4n) is 1.07. The Balaban J connectivity index is 2.72. The van der Waals surface area contributed by atoms with Gasteiger partial charge in [-0.25, -0.2) is 4.39 Å². The van der Waals surface area contributed by atoms with Crippen molar-refractivity contribution in [1.29, 1.82) is 0 Å². The highest BCUT2D eigenvalue weighted by atomic mass is 19.1. The molecule has 0 aliphatic heterocycles. The normalized spacial score (nSPS) is 9.53. The highest BCUT2D eigenvalue weighted by Gasteiger charge is 2.05. The fraction of sp³-hybridized carbons (Fsp3) is 0.300. The lowest BCUT2D eigenvalue weighted by Gasteiger charge is -2.10. The number of rotatable bonds is 4. The SMILES string of the molecule is CNC(=O)CNc1ccc(F)cc1OC. The van der Waals surface area contributed by atoms with Gasteiger partial charge < -0.3 is 15.4 Å². The van der Waals surface area contributed by atoms with E-state index in [0.29, 0.717) is 11.4 Å². The molecule has 1 aromatic carbocycles. The largest absolute Gasteiger partial charge is 0.494 e. The molecule has 0 fully saturated rings. The van der Waals surface area contributed by atoms with Gasteiger partial charge >= 0.3 is 0 Å². The second kappa shape index (κ2) is 5.19. The summed E-state index contributed by atoms with van der Waals surface area (Å²) in [6, 6.07) is 4.08. The standard InChI is InChI=1S/C10H13FN2O2/c1-12-10(14)6-13-8-4-3-7(11)5-9(8)15-2/h3-5,13H,6H2,1-2H3,(H,12,14). The van der Waals surface area contributed by atoms with Gasteiger partial charge in [0.15, 0.2) is 0 Å². The number of methoxy groups -OCH3 is 1. The van der Waals surface area contributed by atoms with Gasteiger partial charge in [0.1, 0.15) is 11.6 Å². The van der Waals surface area contributed by atoms with E-state index in [4.69, 9.17) is 4.74 Å². The number of nitrogens with one attached hydrogen (secondary N) is 2. The average molecular weight is 212 g/mol. The predicted molar refractivity (Wildman–Crippen MR) is 55.5 cm³/mol. The third-order valence-corrected chi connectivity index (χ3v) is 1.88. The molecule has 2 N–H and O–H groups in total. The summed E-state index contributed by atoms with van der Waals surface area (Å²) < 4.78 is 17.8. The third-order valence-electron chi connectivity index (χ3n) is 1.88. The van der Waals surface area contributed by atoms with Gasteiger partial charge in [-0.15, -0.1) is 0 Å². The molecule has 0 saturated carbocycles. The first-order valence-electron chi connectivity index (χ1n) is 4.45. The summed E-state index contributed by atoms with van der Waals surface area (Å²) in [4.78, 5) is 11.0. The van der Waals surface area contributed by atoms with E-state index < -0.39 is 0 Å². The molecule has 1 amide bonds. The Bertz CT molecular complexity index is 355. The summed E-state index contributed by atoms with van der Waals surface area (Å²) >= 11 is 0. The minimum atomic E-state index is -0.377. The zero-order valence-electron chi connectivity index (χ0n) is 8.63. The van der Waals surface area contributed by atoms with Crippen molar-refractivity contribution in [2.24, 2.45) is 0 Å². The lowest BCUT2D eigenvalue weighted by Crippen LogP contribution is -2.26. The number of carbonyl (C=O) groups excluding carboxylic acids is 1. The van der Waals surface area contributed by atoms with Gasteiger partial charge in [0, 0.05) is 13.1 Å². The van der Waals surface area contributed by atoms with Crippen molar-refractivity contribution < 1.29 is 13.9 Å². The van der Waals surface area contributed by atoms with Crippen molar-refractivity contribution in [3.05, 3.63) is 24.0 Å². The van der Waals surface area contributed by atoms with E-state index in [1.807, 2.05) is 0 Å². The van der Waals surface area contributed by atoms with Crippen LogP contribution in [0.4, 0.5) is 10.1 Å². The van der Waals surface area contributed by atoms with Crippen LogP contribution in [0.15, 0.2) is 18.2 Å². The summed E-state index contributed by atoms with van der Waals surface area (Å²) in [6.07, 6.45) is 0. The molecular weight excluding hydrogens is 199 g/mol. The van der Waals surface area contributed by atoms with Crippen LogP contribution in [0.5, 0.6) is 5.75 Å². The van der Waals surface area contributed by atoms with Crippen LogP contribution in [-0.4, -0.2) is 26.6 Å². The molecule has 0 saturated heterocycles. The molecular formula is C10H13FN2O2. The molecule has 0 spiro atoms. The molecule has 82 valence electrons. The van der Waals surface area contributed by atoms with Crippen LogP contribution in [0.3, 0.4) is 0 Å². The van der Waals surface area contributed by atoms with Gasteiger partial charge in [-0.3, -0.25) is 4.79 Å². The van der Waals surface area contributed by atoms with Crippen LogP contribution in [-0.2, 0) is 4.79 Å². The van der Waals surface area contributed by atoms with Gasteiger partial charge in [0.2, 0.25) is 5.91 Å². The van der Waals surface area contributed by atoms with Crippen LogP contribution < -0.4 is 15.4 Å². The molecule has 0 aliphatic rings. The van der Waals surface area contributed by atoms with Crippen molar-refractivity contribution in [3.8, 4) is 5.75 Å². The molecule has 0 aliphatic carbocycles. The summed E-state index contributed by atoms with van der Waals surface area (Å²) in [6.45, 7) is 0.124. The second-order valence-electron chi connectivity index (χ2n) is 2.87. The van der Waals surface area contributed by atoms with Gasteiger partial charge in [0.05, 0.1) is 19.3 Å². The number of benzene rings is 1. The highest BCUT2D eigenvalue weighted by Crippen LogP contribution is 2.24. The van der Waals surface area contributed by atoms with E-state index in [9.17, 15) is 9.18 Å². The van der Waals surface area contributed by atoms with Gasteiger partial charge in [-0.05, 0) is 12.1 Å². The lowest BCUT2D eigenvalue weighted by atomic mass is 10.3. The van der Waals surface area contributed by atoms with Crippen molar-refractivity contribution in [3.63, 3.8) is 0 Å². The summed E-state index contributed by atoms with van der Waals surface area (Å²) in [7, 11) is 2.99. The molecule has 0 atom stereocenters. The molecule has 0 bridgehead atoms. The van der Waals surface area contributed by atoms with Crippen LogP contribution in [0, 0.1) is 5.82 Å². The number of carbonyl (C=O) groups is 1. The first-order valence-corrected chi connectivity index (χ1v) is 4.45. The number of halogens is 1. The minimum absolute atomic E-state index is 0.124.